The predicted molar refractivity (Wildman–Crippen MR) is 107 cm³/mol. The first-order valence-corrected chi connectivity index (χ1v) is 10.0. The summed E-state index contributed by atoms with van der Waals surface area (Å²) in [6, 6.07) is 6.20. The summed E-state index contributed by atoms with van der Waals surface area (Å²) in [7, 11) is 3.22. The Morgan fingerprint density at radius 2 is 2.04 bits per heavy atom. The second-order valence-corrected chi connectivity index (χ2v) is 8.26. The molecule has 3 heterocycles. The number of nitrogens with one attached hydrogen (secondary N) is 2. The van der Waals surface area contributed by atoms with E-state index in [0.29, 0.717) is 17.5 Å². The molecule has 6 nitrogen and oxygen atoms in total. The van der Waals surface area contributed by atoms with Crippen molar-refractivity contribution in [3.05, 3.63) is 39.8 Å². The van der Waals surface area contributed by atoms with Gasteiger partial charge in [0.15, 0.2) is 11.5 Å². The van der Waals surface area contributed by atoms with E-state index in [9.17, 15) is 4.79 Å². The van der Waals surface area contributed by atoms with Crippen molar-refractivity contribution in [2.75, 3.05) is 26.1 Å². The summed E-state index contributed by atoms with van der Waals surface area (Å²) in [5.74, 6) is 1.26. The number of anilines is 1. The van der Waals surface area contributed by atoms with Crippen LogP contribution in [-0.2, 0) is 13.0 Å². The Morgan fingerprint density at radius 3 is 2.74 bits per heavy atom. The van der Waals surface area contributed by atoms with Gasteiger partial charge in [0, 0.05) is 29.6 Å². The van der Waals surface area contributed by atoms with Gasteiger partial charge in [0.1, 0.15) is 11.2 Å². The topological polar surface area (TPSA) is 62.8 Å². The minimum atomic E-state index is -0.351. The van der Waals surface area contributed by atoms with Crippen molar-refractivity contribution < 1.29 is 14.3 Å². The molecule has 144 valence electrons. The van der Waals surface area contributed by atoms with Crippen LogP contribution in [0.4, 0.5) is 5.00 Å². The number of nitrogens with zero attached hydrogens (tertiary/aromatic N) is 1. The van der Waals surface area contributed by atoms with Crippen molar-refractivity contribution in [2.45, 2.75) is 39.0 Å². The van der Waals surface area contributed by atoms with Gasteiger partial charge >= 0.3 is 0 Å². The third-order valence-electron chi connectivity index (χ3n) is 5.34. The van der Waals surface area contributed by atoms with Crippen LogP contribution in [0.5, 0.6) is 11.5 Å². The van der Waals surface area contributed by atoms with E-state index in [1.54, 1.807) is 25.6 Å². The van der Waals surface area contributed by atoms with Gasteiger partial charge in [0.2, 0.25) is 0 Å². The molecule has 0 spiro atoms. The van der Waals surface area contributed by atoms with Crippen LogP contribution in [0.2, 0.25) is 0 Å². The predicted octanol–water partition coefficient (Wildman–Crippen LogP) is 3.39. The largest absolute Gasteiger partial charge is 0.493 e. The Kier molecular flexibility index (Phi) is 4.74. The lowest BCUT2D eigenvalue weighted by molar-refractivity contribution is 0.0934. The molecule has 1 atom stereocenters. The monoisotopic (exact) mass is 387 g/mol. The molecular weight excluding hydrogens is 362 g/mol. The SMILES string of the molecule is COc1cccc([C@H]2NC(=O)c3c(sc4c3CCN(C(C)C)C4)N2)c1OC. The third-order valence-corrected chi connectivity index (χ3v) is 6.49. The number of methoxy groups -OCH3 is 2. The van der Waals surface area contributed by atoms with Gasteiger partial charge in [-0.05, 0) is 31.9 Å². The molecule has 1 aromatic heterocycles. The lowest BCUT2D eigenvalue weighted by Crippen LogP contribution is -2.39. The first-order valence-electron chi connectivity index (χ1n) is 9.20. The minimum absolute atomic E-state index is 0.0193. The number of amides is 1. The summed E-state index contributed by atoms with van der Waals surface area (Å²) in [6.07, 6.45) is 0.568. The summed E-state index contributed by atoms with van der Waals surface area (Å²) >= 11 is 1.70. The summed E-state index contributed by atoms with van der Waals surface area (Å²) in [5, 5.41) is 7.54. The van der Waals surface area contributed by atoms with Gasteiger partial charge < -0.3 is 20.1 Å². The van der Waals surface area contributed by atoms with Crippen LogP contribution in [0.3, 0.4) is 0 Å². The van der Waals surface area contributed by atoms with Crippen LogP contribution in [0.15, 0.2) is 18.2 Å². The first-order chi connectivity index (χ1) is 13.0. The van der Waals surface area contributed by atoms with Crippen LogP contribution in [0.1, 0.15) is 46.4 Å². The molecular formula is C20H25N3O3S. The Balaban J connectivity index is 1.68. The Labute approximate surface area is 163 Å². The van der Waals surface area contributed by atoms with E-state index in [1.807, 2.05) is 18.2 Å². The van der Waals surface area contributed by atoms with E-state index in [1.165, 1.54) is 10.4 Å². The number of para-hydroxylation sites is 1. The number of benzene rings is 1. The maximum absolute atomic E-state index is 12.9. The molecule has 2 aromatic rings. The number of fused-ring (bicyclic) bond motifs is 3. The van der Waals surface area contributed by atoms with Crippen LogP contribution in [-0.4, -0.2) is 37.6 Å². The van der Waals surface area contributed by atoms with E-state index < -0.39 is 0 Å². The quantitative estimate of drug-likeness (QED) is 0.842. The van der Waals surface area contributed by atoms with Gasteiger partial charge in [0.05, 0.1) is 19.8 Å². The zero-order valence-electron chi connectivity index (χ0n) is 16.1. The van der Waals surface area contributed by atoms with E-state index in [4.69, 9.17) is 9.47 Å². The van der Waals surface area contributed by atoms with Crippen molar-refractivity contribution in [1.29, 1.82) is 0 Å². The van der Waals surface area contributed by atoms with Crippen LogP contribution < -0.4 is 20.1 Å². The van der Waals surface area contributed by atoms with Crippen molar-refractivity contribution in [3.63, 3.8) is 0 Å². The summed E-state index contributed by atoms with van der Waals surface area (Å²) in [6.45, 7) is 6.34. The van der Waals surface area contributed by atoms with Crippen LogP contribution >= 0.6 is 11.3 Å². The highest BCUT2D eigenvalue weighted by Gasteiger charge is 2.34. The normalized spacial score (nSPS) is 19.1. The van der Waals surface area contributed by atoms with Gasteiger partial charge in [-0.2, -0.15) is 0 Å². The van der Waals surface area contributed by atoms with E-state index in [2.05, 4.69) is 29.4 Å². The standard InChI is InChI=1S/C20H25N3O3S/c1-11(2)23-9-8-12-15(10-23)27-20-16(12)19(24)21-18(22-20)13-6-5-7-14(25-3)17(13)26-4/h5-7,11,18,22H,8-10H2,1-4H3,(H,21,24)/t18-/m0/s1. The molecule has 1 amide bonds. The number of hydrogen-bond donors (Lipinski definition) is 2. The number of carbonyl (C=O) groups excluding carboxylic acids is 1. The molecule has 0 saturated heterocycles. The number of thiophene rings is 1. The summed E-state index contributed by atoms with van der Waals surface area (Å²) in [5.41, 5.74) is 2.87. The average Bonchev–Trinajstić information content (AvgIpc) is 3.05. The Bertz CT molecular complexity index is 878. The summed E-state index contributed by atoms with van der Waals surface area (Å²) < 4.78 is 10.9. The number of rotatable bonds is 4. The maximum Gasteiger partial charge on any atom is 0.256 e. The number of hydrogen-bond acceptors (Lipinski definition) is 6. The first kappa shape index (κ1) is 18.1. The smallest absolute Gasteiger partial charge is 0.256 e. The fourth-order valence-corrected chi connectivity index (χ4v) is 5.17. The molecule has 2 N–H and O–H groups in total. The number of carbonyl (C=O) groups is 1. The zero-order valence-corrected chi connectivity index (χ0v) is 16.9. The molecule has 0 radical (unpaired) electrons. The van der Waals surface area contributed by atoms with E-state index in [-0.39, 0.29) is 12.1 Å². The molecule has 0 saturated carbocycles. The molecule has 0 fully saturated rings. The Morgan fingerprint density at radius 1 is 1.22 bits per heavy atom. The van der Waals surface area contributed by atoms with E-state index >= 15 is 0 Å². The van der Waals surface area contributed by atoms with Gasteiger partial charge in [-0.15, -0.1) is 11.3 Å². The van der Waals surface area contributed by atoms with E-state index in [0.717, 1.165) is 35.6 Å². The van der Waals surface area contributed by atoms with Crippen LogP contribution in [0.25, 0.3) is 0 Å². The van der Waals surface area contributed by atoms with Gasteiger partial charge in [0.25, 0.3) is 5.91 Å². The lowest BCUT2D eigenvalue weighted by Gasteiger charge is -2.31. The molecule has 1 aromatic carbocycles. The fourth-order valence-electron chi connectivity index (χ4n) is 3.87. The lowest BCUT2D eigenvalue weighted by atomic mass is 9.99. The molecule has 4 rings (SSSR count). The maximum atomic E-state index is 12.9. The molecule has 0 bridgehead atoms. The highest BCUT2D eigenvalue weighted by atomic mass is 32.1. The molecule has 0 aliphatic carbocycles. The summed E-state index contributed by atoms with van der Waals surface area (Å²) in [4.78, 5) is 16.7. The zero-order chi connectivity index (χ0) is 19.1. The average molecular weight is 388 g/mol. The second-order valence-electron chi connectivity index (χ2n) is 7.16. The van der Waals surface area contributed by atoms with Crippen molar-refractivity contribution in [2.24, 2.45) is 0 Å². The number of ether oxygens (including phenoxy) is 2. The molecule has 2 aliphatic heterocycles. The second kappa shape index (κ2) is 7.05. The minimum Gasteiger partial charge on any atom is -0.493 e. The van der Waals surface area contributed by atoms with Gasteiger partial charge in [-0.25, -0.2) is 0 Å². The Hall–Kier alpha value is -2.25. The highest BCUT2D eigenvalue weighted by Crippen LogP contribution is 2.43. The third kappa shape index (κ3) is 3.04. The van der Waals surface area contributed by atoms with Crippen molar-refractivity contribution in [1.82, 2.24) is 10.2 Å². The van der Waals surface area contributed by atoms with Gasteiger partial charge in [-0.3, -0.25) is 9.69 Å². The fraction of sp³-hybridized carbons (Fsp3) is 0.450. The molecule has 0 unspecified atom stereocenters. The highest BCUT2D eigenvalue weighted by molar-refractivity contribution is 7.16. The van der Waals surface area contributed by atoms with Crippen molar-refractivity contribution in [3.8, 4) is 11.5 Å². The molecule has 7 heteroatoms. The van der Waals surface area contributed by atoms with Crippen molar-refractivity contribution >= 4 is 22.2 Å². The molecule has 2 aliphatic rings. The van der Waals surface area contributed by atoms with Gasteiger partial charge in [-0.1, -0.05) is 12.1 Å². The van der Waals surface area contributed by atoms with Crippen LogP contribution in [0, 0.1) is 0 Å². The molecule has 27 heavy (non-hydrogen) atoms.